The smallest absolute Gasteiger partial charge is 0.243 e. The van der Waals surface area contributed by atoms with Crippen molar-refractivity contribution < 1.29 is 9.59 Å². The van der Waals surface area contributed by atoms with Gasteiger partial charge >= 0.3 is 0 Å². The standard InChI is InChI=1S/C15H23N3O2/c1-12(19)17-9-13-5-4-8-18(10-13)14(20)15(11-16)6-2-3-7-15/h13H,2-10H2,1H3,(H,17,19)/t13-/m1/s1. The fourth-order valence-electron chi connectivity index (χ4n) is 3.36. The number of nitriles is 1. The summed E-state index contributed by atoms with van der Waals surface area (Å²) in [7, 11) is 0. The lowest BCUT2D eigenvalue weighted by Crippen LogP contribution is -2.48. The molecule has 0 unspecified atom stereocenters. The molecule has 5 nitrogen and oxygen atoms in total. The van der Waals surface area contributed by atoms with Gasteiger partial charge in [0, 0.05) is 26.6 Å². The topological polar surface area (TPSA) is 73.2 Å². The van der Waals surface area contributed by atoms with E-state index in [1.54, 1.807) is 0 Å². The van der Waals surface area contributed by atoms with Gasteiger partial charge in [-0.25, -0.2) is 0 Å². The van der Waals surface area contributed by atoms with Gasteiger partial charge in [0.2, 0.25) is 11.8 Å². The van der Waals surface area contributed by atoms with Crippen molar-refractivity contribution in [3.8, 4) is 6.07 Å². The summed E-state index contributed by atoms with van der Waals surface area (Å²) in [5.74, 6) is 0.302. The predicted molar refractivity (Wildman–Crippen MR) is 74.5 cm³/mol. The van der Waals surface area contributed by atoms with E-state index in [2.05, 4.69) is 11.4 Å². The van der Waals surface area contributed by atoms with Crippen LogP contribution >= 0.6 is 0 Å². The van der Waals surface area contributed by atoms with Crippen LogP contribution < -0.4 is 5.32 Å². The lowest BCUT2D eigenvalue weighted by molar-refractivity contribution is -0.140. The summed E-state index contributed by atoms with van der Waals surface area (Å²) < 4.78 is 0. The van der Waals surface area contributed by atoms with Gasteiger partial charge in [-0.1, -0.05) is 12.8 Å². The Morgan fingerprint density at radius 2 is 2.05 bits per heavy atom. The number of hydrogen-bond donors (Lipinski definition) is 1. The number of nitrogens with one attached hydrogen (secondary N) is 1. The van der Waals surface area contributed by atoms with Gasteiger partial charge in [0.05, 0.1) is 6.07 Å². The average Bonchev–Trinajstić information content (AvgIpc) is 2.94. The Bertz CT molecular complexity index is 421. The van der Waals surface area contributed by atoms with E-state index in [-0.39, 0.29) is 11.8 Å². The lowest BCUT2D eigenvalue weighted by Gasteiger charge is -2.36. The number of rotatable bonds is 3. The maximum Gasteiger partial charge on any atom is 0.243 e. The van der Waals surface area contributed by atoms with Gasteiger partial charge in [0.15, 0.2) is 0 Å². The SMILES string of the molecule is CC(=O)NC[C@H]1CCCN(C(=O)C2(C#N)CCCC2)C1. The molecular weight excluding hydrogens is 254 g/mol. The first kappa shape index (κ1) is 14.8. The Balaban J connectivity index is 1.96. The number of amides is 2. The van der Waals surface area contributed by atoms with Crippen LogP contribution in [0.4, 0.5) is 0 Å². The molecule has 0 aromatic rings. The van der Waals surface area contributed by atoms with E-state index in [4.69, 9.17) is 0 Å². The van der Waals surface area contributed by atoms with E-state index in [1.807, 2.05) is 4.90 Å². The van der Waals surface area contributed by atoms with E-state index in [0.29, 0.717) is 31.8 Å². The lowest BCUT2D eigenvalue weighted by atomic mass is 9.85. The zero-order valence-corrected chi connectivity index (χ0v) is 12.2. The van der Waals surface area contributed by atoms with Gasteiger partial charge in [-0.05, 0) is 31.6 Å². The van der Waals surface area contributed by atoms with E-state index in [9.17, 15) is 14.9 Å². The van der Waals surface area contributed by atoms with Crippen molar-refractivity contribution in [2.45, 2.75) is 45.4 Å². The van der Waals surface area contributed by atoms with E-state index < -0.39 is 5.41 Å². The highest BCUT2D eigenvalue weighted by Crippen LogP contribution is 2.39. The first-order chi connectivity index (χ1) is 9.57. The minimum absolute atomic E-state index is 0.0185. The Hall–Kier alpha value is -1.57. The van der Waals surface area contributed by atoms with Crippen LogP contribution in [0.1, 0.15) is 45.4 Å². The molecule has 2 fully saturated rings. The number of nitrogens with zero attached hydrogens (tertiary/aromatic N) is 2. The number of likely N-dealkylation sites (tertiary alicyclic amines) is 1. The summed E-state index contributed by atoms with van der Waals surface area (Å²) in [6, 6.07) is 2.28. The molecule has 1 aliphatic carbocycles. The van der Waals surface area contributed by atoms with Crippen LogP contribution in [0.3, 0.4) is 0 Å². The fraction of sp³-hybridized carbons (Fsp3) is 0.800. The normalized spacial score (nSPS) is 25.0. The van der Waals surface area contributed by atoms with Crippen molar-refractivity contribution in [3.63, 3.8) is 0 Å². The summed E-state index contributed by atoms with van der Waals surface area (Å²) in [6.07, 6.45) is 5.34. The number of hydrogen-bond acceptors (Lipinski definition) is 3. The third-order valence-corrected chi connectivity index (χ3v) is 4.53. The molecule has 1 N–H and O–H groups in total. The van der Waals surface area contributed by atoms with E-state index in [1.165, 1.54) is 6.92 Å². The largest absolute Gasteiger partial charge is 0.356 e. The molecule has 0 bridgehead atoms. The van der Waals surface area contributed by atoms with Crippen molar-refractivity contribution in [2.75, 3.05) is 19.6 Å². The minimum atomic E-state index is -0.768. The van der Waals surface area contributed by atoms with Crippen molar-refractivity contribution in [2.24, 2.45) is 11.3 Å². The highest BCUT2D eigenvalue weighted by molar-refractivity contribution is 5.86. The fourth-order valence-corrected chi connectivity index (χ4v) is 3.36. The van der Waals surface area contributed by atoms with E-state index >= 15 is 0 Å². The highest BCUT2D eigenvalue weighted by Gasteiger charge is 2.44. The molecule has 2 amide bonds. The molecule has 0 spiro atoms. The predicted octanol–water partition coefficient (Wildman–Crippen LogP) is 1.45. The van der Waals surface area contributed by atoms with Crippen LogP contribution in [-0.2, 0) is 9.59 Å². The Kier molecular flexibility index (Phi) is 4.64. The maximum atomic E-state index is 12.7. The molecular formula is C15H23N3O2. The zero-order valence-electron chi connectivity index (χ0n) is 12.2. The van der Waals surface area contributed by atoms with Crippen LogP contribution in [0.2, 0.25) is 0 Å². The summed E-state index contributed by atoms with van der Waals surface area (Å²) in [5, 5.41) is 12.2. The van der Waals surface area contributed by atoms with Crippen molar-refractivity contribution in [1.82, 2.24) is 10.2 Å². The molecule has 0 aromatic heterocycles. The van der Waals surface area contributed by atoms with Crippen LogP contribution in [-0.4, -0.2) is 36.3 Å². The van der Waals surface area contributed by atoms with Crippen molar-refractivity contribution >= 4 is 11.8 Å². The monoisotopic (exact) mass is 277 g/mol. The molecule has 1 saturated carbocycles. The molecule has 5 heteroatoms. The van der Waals surface area contributed by atoms with Crippen LogP contribution in [0.25, 0.3) is 0 Å². The van der Waals surface area contributed by atoms with Gasteiger partial charge in [0.1, 0.15) is 5.41 Å². The maximum absolute atomic E-state index is 12.7. The molecule has 1 atom stereocenters. The van der Waals surface area contributed by atoms with Crippen molar-refractivity contribution in [3.05, 3.63) is 0 Å². The molecule has 2 aliphatic rings. The Morgan fingerprint density at radius 1 is 1.35 bits per heavy atom. The zero-order chi connectivity index (χ0) is 14.6. The van der Waals surface area contributed by atoms with Gasteiger partial charge in [-0.2, -0.15) is 5.26 Å². The summed E-state index contributed by atoms with van der Waals surface area (Å²) in [6.45, 7) is 3.55. The first-order valence-electron chi connectivity index (χ1n) is 7.52. The molecule has 110 valence electrons. The third kappa shape index (κ3) is 3.12. The van der Waals surface area contributed by atoms with Gasteiger partial charge in [0.25, 0.3) is 0 Å². The second-order valence-corrected chi connectivity index (χ2v) is 6.10. The van der Waals surface area contributed by atoms with E-state index in [0.717, 1.165) is 32.2 Å². The quantitative estimate of drug-likeness (QED) is 0.848. The Labute approximate surface area is 120 Å². The van der Waals surface area contributed by atoms with Gasteiger partial charge in [-0.15, -0.1) is 0 Å². The van der Waals surface area contributed by atoms with Crippen LogP contribution in [0, 0.1) is 22.7 Å². The summed E-state index contributed by atoms with van der Waals surface area (Å²) in [4.78, 5) is 25.5. The molecule has 1 aliphatic heterocycles. The highest BCUT2D eigenvalue weighted by atomic mass is 16.2. The van der Waals surface area contributed by atoms with Gasteiger partial charge in [-0.3, -0.25) is 9.59 Å². The first-order valence-corrected chi connectivity index (χ1v) is 7.52. The van der Waals surface area contributed by atoms with Crippen LogP contribution in [0.5, 0.6) is 0 Å². The molecule has 0 aromatic carbocycles. The number of carbonyl (C=O) groups excluding carboxylic acids is 2. The second kappa shape index (κ2) is 6.25. The molecule has 2 rings (SSSR count). The molecule has 1 heterocycles. The minimum Gasteiger partial charge on any atom is -0.356 e. The second-order valence-electron chi connectivity index (χ2n) is 6.10. The third-order valence-electron chi connectivity index (χ3n) is 4.53. The molecule has 0 radical (unpaired) electrons. The summed E-state index contributed by atoms with van der Waals surface area (Å²) in [5.41, 5.74) is -0.768. The average molecular weight is 277 g/mol. The molecule has 1 saturated heterocycles. The number of piperidine rings is 1. The van der Waals surface area contributed by atoms with Gasteiger partial charge < -0.3 is 10.2 Å². The Morgan fingerprint density at radius 3 is 2.65 bits per heavy atom. The van der Waals surface area contributed by atoms with Crippen molar-refractivity contribution in [1.29, 1.82) is 5.26 Å². The molecule has 20 heavy (non-hydrogen) atoms. The number of carbonyl (C=O) groups is 2. The summed E-state index contributed by atoms with van der Waals surface area (Å²) >= 11 is 0. The van der Waals surface area contributed by atoms with Crippen LogP contribution in [0.15, 0.2) is 0 Å².